The summed E-state index contributed by atoms with van der Waals surface area (Å²) in [6.45, 7) is 1.75. The van der Waals surface area contributed by atoms with Crippen LogP contribution in [0, 0.1) is 17.0 Å². The van der Waals surface area contributed by atoms with Gasteiger partial charge in [-0.1, -0.05) is 41.4 Å². The van der Waals surface area contributed by atoms with Crippen LogP contribution in [0.2, 0.25) is 0 Å². The number of nitrogens with zero attached hydrogens (tertiary/aromatic N) is 1. The molecular formula is C19H16Cl3N3O5. The number of alkyl halides is 3. The van der Waals surface area contributed by atoms with Gasteiger partial charge in [-0.05, 0) is 24.6 Å². The van der Waals surface area contributed by atoms with Crippen LogP contribution in [-0.4, -0.2) is 39.8 Å². The summed E-state index contributed by atoms with van der Waals surface area (Å²) in [6, 6.07) is 8.18. The van der Waals surface area contributed by atoms with Gasteiger partial charge in [0.1, 0.15) is 5.56 Å². The molecule has 0 heterocycles. The molecule has 2 rings (SSSR count). The number of benzene rings is 2. The number of carbonyl (C=O) groups is 3. The number of rotatable bonds is 8. The zero-order chi connectivity index (χ0) is 22.4. The van der Waals surface area contributed by atoms with Crippen LogP contribution in [0.25, 0.3) is 0 Å². The minimum Gasteiger partial charge on any atom is -0.351 e. The molecule has 0 saturated carbocycles. The van der Waals surface area contributed by atoms with E-state index in [0.29, 0.717) is 5.56 Å². The Balaban J connectivity index is 2.46. The second kappa shape index (κ2) is 10.4. The number of hydrogen-bond acceptors (Lipinski definition) is 5. The Morgan fingerprint density at radius 3 is 2.43 bits per heavy atom. The summed E-state index contributed by atoms with van der Waals surface area (Å²) in [5, 5.41) is 16.4. The Hall–Kier alpha value is -2.68. The first-order valence-corrected chi connectivity index (χ1v) is 9.94. The minimum absolute atomic E-state index is 0.0643. The van der Waals surface area contributed by atoms with Gasteiger partial charge >= 0.3 is 0 Å². The number of nitrogens with one attached hydrogen (secondary N) is 2. The zero-order valence-corrected chi connectivity index (χ0v) is 17.8. The number of halogens is 3. The third kappa shape index (κ3) is 5.47. The Labute approximate surface area is 186 Å². The van der Waals surface area contributed by atoms with Gasteiger partial charge in [0.25, 0.3) is 17.5 Å². The summed E-state index contributed by atoms with van der Waals surface area (Å²) in [5.41, 5.74) is -0.0818. The number of aryl methyl sites for hydroxylation is 1. The summed E-state index contributed by atoms with van der Waals surface area (Å²) < 4.78 is 0. The largest absolute Gasteiger partial charge is 0.351 e. The highest BCUT2D eigenvalue weighted by Crippen LogP contribution is 2.25. The van der Waals surface area contributed by atoms with Gasteiger partial charge in [0.2, 0.25) is 0 Å². The van der Waals surface area contributed by atoms with Gasteiger partial charge in [0.15, 0.2) is 10.6 Å². The molecule has 0 aliphatic carbocycles. The standard InChI is InChI=1S/C19H16Cl3N3O5/c1-10-5-6-11(16(26)17(21)22)9-13(10)24-18(27)12-3-2-4-14(25(29)30)15(12)19(28)23-8-7-20/h2-6,9,17H,7-8H2,1H3,(H,23,28)(H,24,27). The van der Waals surface area contributed by atoms with Crippen molar-refractivity contribution in [1.82, 2.24) is 5.32 Å². The van der Waals surface area contributed by atoms with E-state index >= 15 is 0 Å². The Bertz CT molecular complexity index is 1010. The predicted molar refractivity (Wildman–Crippen MR) is 115 cm³/mol. The van der Waals surface area contributed by atoms with Crippen molar-refractivity contribution < 1.29 is 19.3 Å². The smallest absolute Gasteiger partial charge is 0.282 e. The minimum atomic E-state index is -1.27. The molecule has 2 amide bonds. The van der Waals surface area contributed by atoms with E-state index in [1.54, 1.807) is 13.0 Å². The maximum atomic E-state index is 12.9. The molecule has 30 heavy (non-hydrogen) atoms. The van der Waals surface area contributed by atoms with E-state index in [1.165, 1.54) is 24.3 Å². The first-order chi connectivity index (χ1) is 14.2. The lowest BCUT2D eigenvalue weighted by Crippen LogP contribution is -2.29. The van der Waals surface area contributed by atoms with Crippen LogP contribution in [0.1, 0.15) is 36.6 Å². The van der Waals surface area contributed by atoms with E-state index in [1.807, 2.05) is 0 Å². The molecule has 8 nitrogen and oxygen atoms in total. The predicted octanol–water partition coefficient (Wildman–Crippen LogP) is 4.11. The summed E-state index contributed by atoms with van der Waals surface area (Å²) in [4.78, 5) is 46.7. The Morgan fingerprint density at radius 2 is 1.83 bits per heavy atom. The number of hydrogen-bond donors (Lipinski definition) is 2. The lowest BCUT2D eigenvalue weighted by atomic mass is 10.0. The molecule has 0 aliphatic rings. The van der Waals surface area contributed by atoms with Crippen LogP contribution < -0.4 is 10.6 Å². The molecule has 2 aromatic carbocycles. The second-order valence-corrected chi connectivity index (χ2v) is 7.52. The van der Waals surface area contributed by atoms with Crippen molar-refractivity contribution in [2.45, 2.75) is 11.8 Å². The maximum absolute atomic E-state index is 12.9. The SMILES string of the molecule is Cc1ccc(C(=O)C(Cl)Cl)cc1NC(=O)c1cccc([N+](=O)[O-])c1C(=O)NCCCl. The fourth-order valence-electron chi connectivity index (χ4n) is 2.59. The third-order valence-electron chi connectivity index (χ3n) is 4.06. The number of carbonyl (C=O) groups excluding carboxylic acids is 3. The molecule has 158 valence electrons. The molecule has 2 N–H and O–H groups in total. The molecule has 0 aliphatic heterocycles. The Kier molecular flexibility index (Phi) is 8.16. The number of Topliss-reactive ketones (excluding diaryl/α,β-unsaturated/α-hetero) is 1. The highest BCUT2D eigenvalue weighted by atomic mass is 35.5. The van der Waals surface area contributed by atoms with Gasteiger partial charge < -0.3 is 10.6 Å². The number of nitro groups is 1. The lowest BCUT2D eigenvalue weighted by Gasteiger charge is -2.13. The van der Waals surface area contributed by atoms with Crippen molar-refractivity contribution in [3.05, 3.63) is 68.8 Å². The number of ketones is 1. The first-order valence-electron chi connectivity index (χ1n) is 8.53. The molecular weight excluding hydrogens is 457 g/mol. The summed E-state index contributed by atoms with van der Waals surface area (Å²) in [5.74, 6) is -2.03. The van der Waals surface area contributed by atoms with Crippen LogP contribution in [0.5, 0.6) is 0 Å². The van der Waals surface area contributed by atoms with E-state index in [2.05, 4.69) is 10.6 Å². The summed E-state index contributed by atoms with van der Waals surface area (Å²) >= 11 is 16.8. The normalized spacial score (nSPS) is 10.6. The molecule has 0 saturated heterocycles. The molecule has 11 heteroatoms. The van der Waals surface area contributed by atoms with Gasteiger partial charge in [-0.3, -0.25) is 24.5 Å². The molecule has 0 bridgehead atoms. The third-order valence-corrected chi connectivity index (χ3v) is 4.64. The van der Waals surface area contributed by atoms with Crippen molar-refractivity contribution in [1.29, 1.82) is 0 Å². The van der Waals surface area contributed by atoms with E-state index in [4.69, 9.17) is 34.8 Å². The number of anilines is 1. The van der Waals surface area contributed by atoms with Crippen LogP contribution >= 0.6 is 34.8 Å². The summed E-state index contributed by atoms with van der Waals surface area (Å²) in [7, 11) is 0. The summed E-state index contributed by atoms with van der Waals surface area (Å²) in [6.07, 6.45) is 0. The van der Waals surface area contributed by atoms with Gasteiger partial charge in [-0.15, -0.1) is 11.6 Å². The van der Waals surface area contributed by atoms with Crippen molar-refractivity contribution in [3.8, 4) is 0 Å². The monoisotopic (exact) mass is 471 g/mol. The highest BCUT2D eigenvalue weighted by molar-refractivity contribution is 6.55. The van der Waals surface area contributed by atoms with Gasteiger partial charge in [-0.2, -0.15) is 0 Å². The molecule has 0 radical (unpaired) electrons. The van der Waals surface area contributed by atoms with Crippen molar-refractivity contribution >= 4 is 63.8 Å². The van der Waals surface area contributed by atoms with E-state index in [9.17, 15) is 24.5 Å². The lowest BCUT2D eigenvalue weighted by molar-refractivity contribution is -0.385. The molecule has 0 fully saturated rings. The van der Waals surface area contributed by atoms with E-state index in [-0.39, 0.29) is 29.2 Å². The van der Waals surface area contributed by atoms with Crippen molar-refractivity contribution in [2.24, 2.45) is 0 Å². The zero-order valence-electron chi connectivity index (χ0n) is 15.6. The molecule has 0 unspecified atom stereocenters. The van der Waals surface area contributed by atoms with Gasteiger partial charge in [0, 0.05) is 29.7 Å². The molecule has 2 aromatic rings. The number of nitro benzene ring substituents is 1. The van der Waals surface area contributed by atoms with Gasteiger partial charge in [-0.25, -0.2) is 0 Å². The van der Waals surface area contributed by atoms with Crippen LogP contribution in [0.4, 0.5) is 11.4 Å². The van der Waals surface area contributed by atoms with Crippen LogP contribution in [0.15, 0.2) is 36.4 Å². The Morgan fingerprint density at radius 1 is 1.13 bits per heavy atom. The molecule has 0 atom stereocenters. The highest BCUT2D eigenvalue weighted by Gasteiger charge is 2.27. The maximum Gasteiger partial charge on any atom is 0.282 e. The topological polar surface area (TPSA) is 118 Å². The van der Waals surface area contributed by atoms with E-state index in [0.717, 1.165) is 6.07 Å². The average molecular weight is 473 g/mol. The fourth-order valence-corrected chi connectivity index (χ4v) is 2.94. The second-order valence-electron chi connectivity index (χ2n) is 6.05. The van der Waals surface area contributed by atoms with Crippen LogP contribution in [-0.2, 0) is 0 Å². The van der Waals surface area contributed by atoms with Crippen molar-refractivity contribution in [3.63, 3.8) is 0 Å². The number of amides is 2. The van der Waals surface area contributed by atoms with Crippen LogP contribution in [0.3, 0.4) is 0 Å². The fraction of sp³-hybridized carbons (Fsp3) is 0.211. The van der Waals surface area contributed by atoms with Crippen molar-refractivity contribution in [2.75, 3.05) is 17.7 Å². The first kappa shape index (κ1) is 23.6. The quantitative estimate of drug-likeness (QED) is 0.259. The van der Waals surface area contributed by atoms with E-state index < -0.39 is 38.6 Å². The molecule has 0 aromatic heterocycles. The molecule has 0 spiro atoms. The van der Waals surface area contributed by atoms with Gasteiger partial charge in [0.05, 0.1) is 10.5 Å². The average Bonchev–Trinajstić information content (AvgIpc) is 2.72.